The second-order valence-electron chi connectivity index (χ2n) is 24.9. The molecule has 2 aliphatic carbocycles. The number of hydrogen-bond donors (Lipinski definition) is 0. The maximum absolute atomic E-state index is 5.27. The fraction of sp³-hybridized carbons (Fsp3) is 0.0233. The van der Waals surface area contributed by atoms with Gasteiger partial charge in [-0.25, -0.2) is 19.9 Å². The van der Waals surface area contributed by atoms with Gasteiger partial charge in [-0.1, -0.05) is 170 Å². The van der Waals surface area contributed by atoms with Crippen molar-refractivity contribution in [1.82, 2.24) is 29.9 Å². The summed E-state index contributed by atoms with van der Waals surface area (Å²) in [7, 11) is 0. The van der Waals surface area contributed by atoms with Gasteiger partial charge < -0.3 is 4.90 Å². The maximum atomic E-state index is 5.27. The smallest absolute Gasteiger partial charge is 0.180 e. The molecule has 0 fully saturated rings. The predicted molar refractivity (Wildman–Crippen MR) is 404 cm³/mol. The van der Waals surface area contributed by atoms with Crippen LogP contribution in [0.25, 0.3) is 97.9 Å². The van der Waals surface area contributed by atoms with Crippen LogP contribution < -0.4 is 9.80 Å². The molecule has 8 aromatic heterocycles. The summed E-state index contributed by atoms with van der Waals surface area (Å²) in [6.07, 6.45) is 3.58. The van der Waals surface area contributed by atoms with E-state index in [9.17, 15) is 0 Å². The van der Waals surface area contributed by atoms with Gasteiger partial charge in [0.1, 0.15) is 17.2 Å². The highest BCUT2D eigenvalue weighted by Crippen LogP contribution is 2.68. The van der Waals surface area contributed by atoms with E-state index in [0.717, 1.165) is 68.0 Å². The molecular formula is C86H52N8S4. The maximum Gasteiger partial charge on any atom is 0.180 e. The number of hydrogen-bond acceptors (Lipinski definition) is 12. The molecule has 0 saturated carbocycles. The highest BCUT2D eigenvalue weighted by Gasteiger charge is 2.55. The Morgan fingerprint density at radius 1 is 0.255 bits per heavy atom. The molecule has 0 amide bonds. The number of benzene rings is 9. The van der Waals surface area contributed by atoms with Crippen LogP contribution in [-0.2, 0) is 10.8 Å². The lowest BCUT2D eigenvalue weighted by molar-refractivity contribution is 0.756. The molecule has 460 valence electrons. The van der Waals surface area contributed by atoms with Gasteiger partial charge in [0.25, 0.3) is 0 Å². The Hall–Kier alpha value is -11.6. The van der Waals surface area contributed by atoms with Crippen LogP contribution in [0.4, 0.5) is 34.3 Å². The van der Waals surface area contributed by atoms with Crippen molar-refractivity contribution in [3.05, 3.63) is 357 Å². The van der Waals surface area contributed by atoms with E-state index in [0.29, 0.717) is 11.6 Å². The summed E-state index contributed by atoms with van der Waals surface area (Å²) < 4.78 is 0. The van der Waals surface area contributed by atoms with E-state index in [4.69, 9.17) is 19.9 Å². The van der Waals surface area contributed by atoms with Crippen molar-refractivity contribution in [3.63, 3.8) is 0 Å². The number of nitrogens with zero attached hydrogens (tertiary/aromatic N) is 8. The van der Waals surface area contributed by atoms with Gasteiger partial charge >= 0.3 is 0 Å². The molecule has 0 atom stereocenters. The zero-order valence-corrected chi connectivity index (χ0v) is 55.5. The van der Waals surface area contributed by atoms with E-state index in [2.05, 4.69) is 260 Å². The minimum absolute atomic E-state index is 0.395. The first-order chi connectivity index (χ1) is 48.6. The Morgan fingerprint density at radius 2 is 0.633 bits per heavy atom. The zero-order chi connectivity index (χ0) is 64.5. The minimum atomic E-state index is -0.434. The lowest BCUT2D eigenvalue weighted by Crippen LogP contribution is -2.36. The van der Waals surface area contributed by atoms with Crippen molar-refractivity contribution in [2.45, 2.75) is 10.8 Å². The molecule has 2 aliphatic heterocycles. The summed E-state index contributed by atoms with van der Waals surface area (Å²) in [6, 6.07) is 99.7. The molecule has 0 radical (unpaired) electrons. The van der Waals surface area contributed by atoms with Crippen molar-refractivity contribution in [1.29, 1.82) is 0 Å². The first kappa shape index (κ1) is 56.7. The zero-order valence-electron chi connectivity index (χ0n) is 52.2. The predicted octanol–water partition coefficient (Wildman–Crippen LogP) is 22.9. The molecular weight excluding hydrogens is 1270 g/mol. The molecule has 0 unspecified atom stereocenters. The fourth-order valence-corrected chi connectivity index (χ4v) is 19.9. The third-order valence-electron chi connectivity index (χ3n) is 19.8. The molecule has 9 aromatic carbocycles. The summed E-state index contributed by atoms with van der Waals surface area (Å²) in [6.45, 7) is 0. The average molecular weight is 1330 g/mol. The topological polar surface area (TPSA) is 83.8 Å². The molecule has 98 heavy (non-hydrogen) atoms. The van der Waals surface area contributed by atoms with Crippen LogP contribution in [0.1, 0.15) is 44.5 Å². The van der Waals surface area contributed by atoms with Gasteiger partial charge in [0.15, 0.2) is 11.6 Å². The number of thiophene rings is 4. The Kier molecular flexibility index (Phi) is 13.0. The lowest BCUT2D eigenvalue weighted by Gasteiger charge is -2.44. The average Bonchev–Trinajstić information content (AvgIpc) is 1.46. The van der Waals surface area contributed by atoms with E-state index in [-0.39, 0.29) is 0 Å². The van der Waals surface area contributed by atoms with Crippen LogP contribution in [0.2, 0.25) is 0 Å². The van der Waals surface area contributed by atoms with Gasteiger partial charge in [-0.05, 0) is 191 Å². The molecule has 21 rings (SSSR count). The molecule has 2 spiro atoms. The van der Waals surface area contributed by atoms with Crippen molar-refractivity contribution >= 4 is 101 Å². The first-order valence-corrected chi connectivity index (χ1v) is 36.1. The quantitative estimate of drug-likeness (QED) is 0.156. The van der Waals surface area contributed by atoms with Crippen molar-refractivity contribution in [2.24, 2.45) is 0 Å². The van der Waals surface area contributed by atoms with Crippen LogP contribution in [0.5, 0.6) is 0 Å². The SMILES string of the molecule is c1ccc(-c2cc(-c3ccc(N4c5ccccc5C5(c6cc7ccccc7cc64)c4ccsc4-c4sccc45)cc3)nc(-c3ccccn3)n2)cc1.c1ccc(-c2cc(N3c4ccccc4C4(c5cc6ccccc6cc53)c3ccsc3-c3sccc34)nc(-c3ccccn3)n2)cc1. The van der Waals surface area contributed by atoms with E-state index in [1.807, 2.05) is 106 Å². The van der Waals surface area contributed by atoms with Gasteiger partial charge in [0.05, 0.1) is 50.7 Å². The van der Waals surface area contributed by atoms with E-state index in [1.165, 1.54) is 96.9 Å². The second kappa shape index (κ2) is 22.5. The number of rotatable bonds is 7. The van der Waals surface area contributed by atoms with E-state index >= 15 is 0 Å². The highest BCUT2D eigenvalue weighted by atomic mass is 32.1. The van der Waals surface area contributed by atoms with Crippen LogP contribution in [0, 0.1) is 0 Å². The number of fused-ring (bicyclic) bond motifs is 20. The lowest BCUT2D eigenvalue weighted by atomic mass is 9.65. The van der Waals surface area contributed by atoms with Gasteiger partial charge in [-0.3, -0.25) is 14.9 Å². The second-order valence-corrected chi connectivity index (χ2v) is 28.6. The highest BCUT2D eigenvalue weighted by molar-refractivity contribution is 7.21. The van der Waals surface area contributed by atoms with Crippen molar-refractivity contribution in [2.75, 3.05) is 9.80 Å². The van der Waals surface area contributed by atoms with Crippen LogP contribution in [-0.4, -0.2) is 29.9 Å². The van der Waals surface area contributed by atoms with Gasteiger partial charge in [0, 0.05) is 60.3 Å². The molecule has 12 heteroatoms. The summed E-state index contributed by atoms with van der Waals surface area (Å²) in [5.74, 6) is 2.01. The van der Waals surface area contributed by atoms with Gasteiger partial charge in [-0.15, -0.1) is 45.3 Å². The minimum Gasteiger partial charge on any atom is -0.310 e. The van der Waals surface area contributed by atoms with Crippen molar-refractivity contribution < 1.29 is 0 Å². The third-order valence-corrected chi connectivity index (χ3v) is 23.8. The largest absolute Gasteiger partial charge is 0.310 e. The molecule has 8 nitrogen and oxygen atoms in total. The van der Waals surface area contributed by atoms with Crippen molar-refractivity contribution in [3.8, 4) is 76.3 Å². The van der Waals surface area contributed by atoms with Crippen LogP contribution in [0.15, 0.2) is 313 Å². The standard InChI is InChI=1S/C46H28N4S2.C40H24N4S2/c1-2-10-29(11-3-1)39-28-40(49-45(48-39)38-15-8-9-23-47-38)30-17-19-33(20-18-30)50-41-16-7-6-14-34(41)46(35-21-24-51-43(35)44-36(46)22-25-52-44)37-26-31-12-4-5-13-32(31)27-42(37)50;1-2-10-25(11-3-1)33-24-36(43-39(42-33)32-15-8-9-19-41-32)44-34-16-7-6-14-28(34)40(29-17-20-45-37(29)38-30(40)18-21-46-38)31-22-26-12-4-5-13-27(26)23-35(31)44/h1-28H;1-24H. The first-order valence-electron chi connectivity index (χ1n) is 32.6. The van der Waals surface area contributed by atoms with E-state index < -0.39 is 10.8 Å². The summed E-state index contributed by atoms with van der Waals surface area (Å²) in [5.41, 5.74) is 22.7. The molecule has 4 aliphatic rings. The molecule has 10 heterocycles. The fourth-order valence-electron chi connectivity index (χ4n) is 15.7. The summed E-state index contributed by atoms with van der Waals surface area (Å²) in [4.78, 5) is 39.9. The Morgan fingerprint density at radius 3 is 1.09 bits per heavy atom. The molecule has 0 N–H and O–H groups in total. The molecule has 0 bridgehead atoms. The van der Waals surface area contributed by atoms with E-state index in [1.54, 1.807) is 12.4 Å². The Balaban J connectivity index is 0.000000134. The molecule has 17 aromatic rings. The Bertz CT molecular complexity index is 5790. The van der Waals surface area contributed by atoms with Crippen LogP contribution >= 0.6 is 45.3 Å². The number of para-hydroxylation sites is 2. The number of pyridine rings is 2. The van der Waals surface area contributed by atoms with Gasteiger partial charge in [-0.2, -0.15) is 0 Å². The molecule has 0 saturated heterocycles. The van der Waals surface area contributed by atoms with Gasteiger partial charge in [0.2, 0.25) is 0 Å². The monoisotopic (exact) mass is 1320 g/mol. The summed E-state index contributed by atoms with van der Waals surface area (Å²) in [5, 5.41) is 13.9. The summed E-state index contributed by atoms with van der Waals surface area (Å²) >= 11 is 7.41. The Labute approximate surface area is 581 Å². The normalized spacial score (nSPS) is 13.6. The third kappa shape index (κ3) is 8.52. The number of aromatic nitrogens is 6. The number of anilines is 6. The van der Waals surface area contributed by atoms with Crippen LogP contribution in [0.3, 0.4) is 0 Å².